The third-order valence-electron chi connectivity index (χ3n) is 1.35. The van der Waals surface area contributed by atoms with Crippen molar-refractivity contribution in [2.24, 2.45) is 0 Å². The number of hydrogen-bond donors (Lipinski definition) is 1. The van der Waals surface area contributed by atoms with E-state index >= 15 is 0 Å². The molecule has 1 aromatic heterocycles. The summed E-state index contributed by atoms with van der Waals surface area (Å²) in [5.74, 6) is 1.99. The molecule has 2 nitrogen and oxygen atoms in total. The van der Waals surface area contributed by atoms with Gasteiger partial charge in [0.15, 0.2) is 0 Å². The molecule has 0 saturated carbocycles. The summed E-state index contributed by atoms with van der Waals surface area (Å²) in [5, 5.41) is 3.18. The van der Waals surface area contributed by atoms with Crippen LogP contribution in [-0.2, 0) is 6.54 Å². The van der Waals surface area contributed by atoms with E-state index in [1.165, 1.54) is 0 Å². The van der Waals surface area contributed by atoms with E-state index in [1.807, 2.05) is 19.1 Å². The van der Waals surface area contributed by atoms with Crippen LogP contribution in [0.5, 0.6) is 0 Å². The Hall–Kier alpha value is -0.470. The molecule has 0 fully saturated rings. The number of rotatable bonds is 3. The number of aryl methyl sites for hydroxylation is 1. The summed E-state index contributed by atoms with van der Waals surface area (Å²) in [6.45, 7) is 5.86. The molecule has 0 aliphatic carbocycles. The van der Waals surface area contributed by atoms with Crippen LogP contribution < -0.4 is 5.32 Å². The minimum Gasteiger partial charge on any atom is -0.465 e. The maximum atomic E-state index is 5.32. The van der Waals surface area contributed by atoms with E-state index in [-0.39, 0.29) is 12.4 Å². The van der Waals surface area contributed by atoms with E-state index in [2.05, 4.69) is 12.2 Å². The average molecular weight is 176 g/mol. The van der Waals surface area contributed by atoms with E-state index in [0.29, 0.717) is 0 Å². The first kappa shape index (κ1) is 10.5. The Morgan fingerprint density at radius 1 is 1.45 bits per heavy atom. The molecule has 0 aliphatic heterocycles. The summed E-state index contributed by atoms with van der Waals surface area (Å²) in [4.78, 5) is 0. The monoisotopic (exact) mass is 175 g/mol. The molecule has 1 rings (SSSR count). The van der Waals surface area contributed by atoms with Crippen LogP contribution in [-0.4, -0.2) is 6.54 Å². The molecular formula is C8H14ClNO. The minimum atomic E-state index is 0. The molecule has 1 N–H and O–H groups in total. The summed E-state index contributed by atoms with van der Waals surface area (Å²) >= 11 is 0. The van der Waals surface area contributed by atoms with Gasteiger partial charge in [0.05, 0.1) is 6.54 Å². The van der Waals surface area contributed by atoms with Gasteiger partial charge in [-0.3, -0.25) is 0 Å². The molecule has 0 unspecified atom stereocenters. The van der Waals surface area contributed by atoms with Crippen molar-refractivity contribution in [1.82, 2.24) is 5.32 Å². The normalized spacial score (nSPS) is 9.27. The predicted molar refractivity (Wildman–Crippen MR) is 48.1 cm³/mol. The lowest BCUT2D eigenvalue weighted by Gasteiger charge is -1.95. The second-order valence-corrected chi connectivity index (χ2v) is 2.29. The van der Waals surface area contributed by atoms with E-state index in [0.717, 1.165) is 24.6 Å². The largest absolute Gasteiger partial charge is 0.465 e. The molecule has 0 aliphatic rings. The van der Waals surface area contributed by atoms with Crippen molar-refractivity contribution in [1.29, 1.82) is 0 Å². The van der Waals surface area contributed by atoms with E-state index in [9.17, 15) is 0 Å². The highest BCUT2D eigenvalue weighted by Crippen LogP contribution is 2.04. The van der Waals surface area contributed by atoms with Gasteiger partial charge in [0.2, 0.25) is 0 Å². The quantitative estimate of drug-likeness (QED) is 0.762. The van der Waals surface area contributed by atoms with Gasteiger partial charge in [-0.25, -0.2) is 0 Å². The molecule has 0 radical (unpaired) electrons. The lowest BCUT2D eigenvalue weighted by molar-refractivity contribution is 0.465. The van der Waals surface area contributed by atoms with Crippen molar-refractivity contribution in [2.45, 2.75) is 20.4 Å². The van der Waals surface area contributed by atoms with Crippen molar-refractivity contribution in [2.75, 3.05) is 6.54 Å². The van der Waals surface area contributed by atoms with Crippen LogP contribution in [0.1, 0.15) is 18.4 Å². The van der Waals surface area contributed by atoms with Gasteiger partial charge in [0, 0.05) is 0 Å². The number of nitrogens with one attached hydrogen (secondary N) is 1. The Bertz CT molecular complexity index is 198. The fraction of sp³-hybridized carbons (Fsp3) is 0.500. The van der Waals surface area contributed by atoms with E-state index in [4.69, 9.17) is 4.42 Å². The molecule has 1 aromatic rings. The summed E-state index contributed by atoms with van der Waals surface area (Å²) in [6, 6.07) is 3.98. The number of halogens is 1. The summed E-state index contributed by atoms with van der Waals surface area (Å²) in [5.41, 5.74) is 0. The van der Waals surface area contributed by atoms with Gasteiger partial charge in [-0.15, -0.1) is 12.4 Å². The maximum absolute atomic E-state index is 5.32. The lowest BCUT2D eigenvalue weighted by Crippen LogP contribution is -2.10. The third-order valence-corrected chi connectivity index (χ3v) is 1.35. The van der Waals surface area contributed by atoms with Crippen LogP contribution in [0, 0.1) is 6.92 Å². The van der Waals surface area contributed by atoms with E-state index in [1.54, 1.807) is 0 Å². The second-order valence-electron chi connectivity index (χ2n) is 2.29. The molecule has 0 bridgehead atoms. The Morgan fingerprint density at radius 3 is 2.64 bits per heavy atom. The first-order chi connectivity index (χ1) is 4.83. The fourth-order valence-electron chi connectivity index (χ4n) is 0.828. The maximum Gasteiger partial charge on any atom is 0.117 e. The van der Waals surface area contributed by atoms with Gasteiger partial charge >= 0.3 is 0 Å². The highest BCUT2D eigenvalue weighted by atomic mass is 35.5. The van der Waals surface area contributed by atoms with E-state index < -0.39 is 0 Å². The molecule has 3 heteroatoms. The van der Waals surface area contributed by atoms with Crippen LogP contribution in [0.15, 0.2) is 16.5 Å². The van der Waals surface area contributed by atoms with Crippen molar-refractivity contribution in [3.05, 3.63) is 23.7 Å². The average Bonchev–Trinajstić information content (AvgIpc) is 2.31. The summed E-state index contributed by atoms with van der Waals surface area (Å²) in [7, 11) is 0. The lowest BCUT2D eigenvalue weighted by atomic mass is 10.4. The van der Waals surface area contributed by atoms with Crippen molar-refractivity contribution in [3.63, 3.8) is 0 Å². The summed E-state index contributed by atoms with van der Waals surface area (Å²) in [6.07, 6.45) is 0. The SMILES string of the molecule is CCNCc1ccc(C)o1.Cl. The molecule has 1 heterocycles. The Kier molecular flexibility index (Phi) is 4.99. The highest BCUT2D eigenvalue weighted by Gasteiger charge is 1.94. The molecule has 11 heavy (non-hydrogen) atoms. The Morgan fingerprint density at radius 2 is 2.18 bits per heavy atom. The molecule has 0 atom stereocenters. The zero-order valence-corrected chi connectivity index (χ0v) is 7.70. The second kappa shape index (κ2) is 5.22. The van der Waals surface area contributed by atoms with Crippen molar-refractivity contribution >= 4 is 12.4 Å². The van der Waals surface area contributed by atoms with Crippen molar-refractivity contribution in [3.8, 4) is 0 Å². The number of furan rings is 1. The van der Waals surface area contributed by atoms with Gasteiger partial charge in [-0.2, -0.15) is 0 Å². The topological polar surface area (TPSA) is 25.2 Å². The Balaban J connectivity index is 0.000001000. The van der Waals surface area contributed by atoms with Crippen LogP contribution in [0.4, 0.5) is 0 Å². The van der Waals surface area contributed by atoms with Gasteiger partial charge < -0.3 is 9.73 Å². The minimum absolute atomic E-state index is 0. The molecular weight excluding hydrogens is 162 g/mol. The highest BCUT2D eigenvalue weighted by molar-refractivity contribution is 5.85. The Labute approximate surface area is 73.4 Å². The zero-order valence-electron chi connectivity index (χ0n) is 6.89. The fourth-order valence-corrected chi connectivity index (χ4v) is 0.828. The standard InChI is InChI=1S/C8H13NO.ClH/c1-3-9-6-8-5-4-7(2)10-8;/h4-5,9H,3,6H2,1-2H3;1H. The van der Waals surface area contributed by atoms with Gasteiger partial charge in [-0.05, 0) is 25.6 Å². The molecule has 0 aromatic carbocycles. The van der Waals surface area contributed by atoms with Crippen LogP contribution >= 0.6 is 12.4 Å². The van der Waals surface area contributed by atoms with Crippen molar-refractivity contribution < 1.29 is 4.42 Å². The third kappa shape index (κ3) is 3.44. The molecule has 0 spiro atoms. The molecule has 0 amide bonds. The molecule has 64 valence electrons. The van der Waals surface area contributed by atoms with Crippen LogP contribution in [0.2, 0.25) is 0 Å². The number of hydrogen-bond acceptors (Lipinski definition) is 2. The smallest absolute Gasteiger partial charge is 0.117 e. The van der Waals surface area contributed by atoms with Gasteiger partial charge in [-0.1, -0.05) is 6.92 Å². The van der Waals surface area contributed by atoms with Gasteiger partial charge in [0.25, 0.3) is 0 Å². The first-order valence-corrected chi connectivity index (χ1v) is 3.59. The zero-order chi connectivity index (χ0) is 7.40. The van der Waals surface area contributed by atoms with Crippen LogP contribution in [0.3, 0.4) is 0 Å². The first-order valence-electron chi connectivity index (χ1n) is 3.59. The van der Waals surface area contributed by atoms with Gasteiger partial charge in [0.1, 0.15) is 11.5 Å². The van der Waals surface area contributed by atoms with Crippen LogP contribution in [0.25, 0.3) is 0 Å². The predicted octanol–water partition coefficient (Wildman–Crippen LogP) is 2.12. The summed E-state index contributed by atoms with van der Waals surface area (Å²) < 4.78 is 5.32. The molecule has 0 saturated heterocycles.